The van der Waals surface area contributed by atoms with E-state index in [1.165, 1.54) is 0 Å². The van der Waals surface area contributed by atoms with Gasteiger partial charge in [0.25, 0.3) is 0 Å². The molecule has 1 unspecified atom stereocenters. The fourth-order valence-corrected chi connectivity index (χ4v) is 1.58. The Hall–Kier alpha value is -1.26. The summed E-state index contributed by atoms with van der Waals surface area (Å²) in [5, 5.41) is 10.8. The number of ether oxygens (including phenoxy) is 2. The molecule has 0 fully saturated rings. The average molecular weight is 272 g/mol. The molecule has 0 saturated carbocycles. The third-order valence-corrected chi connectivity index (χ3v) is 2.48. The van der Waals surface area contributed by atoms with Crippen LogP contribution in [0, 0.1) is 0 Å². The summed E-state index contributed by atoms with van der Waals surface area (Å²) in [6.45, 7) is 2.54. The van der Waals surface area contributed by atoms with Gasteiger partial charge in [0, 0.05) is 13.0 Å². The van der Waals surface area contributed by atoms with E-state index in [0.717, 1.165) is 5.56 Å². The molecule has 1 aromatic rings. The van der Waals surface area contributed by atoms with Gasteiger partial charge in [-0.2, -0.15) is 0 Å². The van der Waals surface area contributed by atoms with Crippen LogP contribution in [0.25, 0.3) is 0 Å². The lowest BCUT2D eigenvalue weighted by Gasteiger charge is -2.18. The topological polar surface area (TPSA) is 58.6 Å². The van der Waals surface area contributed by atoms with E-state index in [0.29, 0.717) is 24.8 Å². The maximum atomic E-state index is 10.8. The number of hydrogen-bond donors (Lipinski definition) is 0. The molecule has 0 aliphatic heterocycles. The molecule has 4 nitrogen and oxygen atoms in total. The second-order valence-electron chi connectivity index (χ2n) is 3.65. The lowest BCUT2D eigenvalue weighted by molar-refractivity contribution is -0.316. The zero-order chi connectivity index (χ0) is 13.4. The number of aliphatic carboxylic acids is 1. The smallest absolute Gasteiger partial charge is 0.119 e. The minimum absolute atomic E-state index is 0.284. The molecule has 0 saturated heterocycles. The average Bonchev–Trinajstić information content (AvgIpc) is 2.37. The largest absolute Gasteiger partial charge is 0.547 e. The molecule has 0 aliphatic rings. The van der Waals surface area contributed by atoms with Crippen LogP contribution in [-0.4, -0.2) is 31.2 Å². The highest BCUT2D eigenvalue weighted by atomic mass is 35.5. The first-order chi connectivity index (χ1) is 8.67. The molecule has 1 rings (SSSR count). The van der Waals surface area contributed by atoms with E-state index in [4.69, 9.17) is 21.1 Å². The number of carboxylic acid groups (broad SMARTS) is 1. The van der Waals surface area contributed by atoms with Crippen molar-refractivity contribution in [2.45, 2.75) is 19.4 Å². The van der Waals surface area contributed by atoms with E-state index >= 15 is 0 Å². The van der Waals surface area contributed by atoms with Crippen molar-refractivity contribution in [2.24, 2.45) is 0 Å². The van der Waals surface area contributed by atoms with Crippen molar-refractivity contribution in [3.63, 3.8) is 0 Å². The molecule has 0 heterocycles. The summed E-state index contributed by atoms with van der Waals surface area (Å²) >= 11 is 5.51. The molecule has 0 radical (unpaired) electrons. The van der Waals surface area contributed by atoms with E-state index in [-0.39, 0.29) is 6.42 Å². The summed E-state index contributed by atoms with van der Waals surface area (Å²) in [5.74, 6) is -0.0566. The lowest BCUT2D eigenvalue weighted by Crippen LogP contribution is -2.39. The second-order valence-corrected chi connectivity index (χ2v) is 4.03. The van der Waals surface area contributed by atoms with Gasteiger partial charge in [-0.1, -0.05) is 12.1 Å². The van der Waals surface area contributed by atoms with Crippen LogP contribution in [0.3, 0.4) is 0 Å². The molecule has 0 amide bonds. The molecule has 1 aromatic carbocycles. The van der Waals surface area contributed by atoms with Crippen molar-refractivity contribution in [3.05, 3.63) is 29.8 Å². The minimum Gasteiger partial charge on any atom is -0.547 e. The van der Waals surface area contributed by atoms with Crippen LogP contribution in [0.4, 0.5) is 0 Å². The normalized spacial score (nSPS) is 12.1. The van der Waals surface area contributed by atoms with Crippen molar-refractivity contribution >= 4 is 17.6 Å². The quantitative estimate of drug-likeness (QED) is 0.662. The van der Waals surface area contributed by atoms with E-state index in [1.54, 1.807) is 31.2 Å². The number of carbonyl (C=O) groups excluding carboxylic acids is 1. The number of alkyl halides is 1. The molecule has 100 valence electrons. The van der Waals surface area contributed by atoms with Crippen molar-refractivity contribution in [1.29, 1.82) is 0 Å². The number of hydrogen-bond acceptors (Lipinski definition) is 4. The van der Waals surface area contributed by atoms with Crippen LogP contribution in [0.2, 0.25) is 0 Å². The fraction of sp³-hybridized carbons (Fsp3) is 0.462. The predicted octanol–water partition coefficient (Wildman–Crippen LogP) is 1.00. The van der Waals surface area contributed by atoms with Gasteiger partial charge in [0.1, 0.15) is 18.5 Å². The molecule has 0 aromatic heterocycles. The highest BCUT2D eigenvalue weighted by molar-refractivity contribution is 6.18. The number of halogens is 1. The van der Waals surface area contributed by atoms with Gasteiger partial charge >= 0.3 is 0 Å². The Morgan fingerprint density at radius 3 is 2.56 bits per heavy atom. The minimum atomic E-state index is -1.20. The van der Waals surface area contributed by atoms with Gasteiger partial charge < -0.3 is 19.4 Å². The van der Waals surface area contributed by atoms with Crippen LogP contribution in [0.15, 0.2) is 24.3 Å². The monoisotopic (exact) mass is 271 g/mol. The summed E-state index contributed by atoms with van der Waals surface area (Å²) in [7, 11) is 0. The van der Waals surface area contributed by atoms with E-state index in [9.17, 15) is 9.90 Å². The van der Waals surface area contributed by atoms with Crippen LogP contribution in [0.5, 0.6) is 5.75 Å². The molecule has 5 heteroatoms. The van der Waals surface area contributed by atoms with Gasteiger partial charge in [0.05, 0.1) is 11.8 Å². The zero-order valence-corrected chi connectivity index (χ0v) is 11.0. The van der Waals surface area contributed by atoms with Crippen molar-refractivity contribution in [3.8, 4) is 5.75 Å². The van der Waals surface area contributed by atoms with Crippen LogP contribution in [-0.2, 0) is 16.0 Å². The van der Waals surface area contributed by atoms with Gasteiger partial charge in [-0.3, -0.25) is 0 Å². The standard InChI is InChI=1S/C13H17ClO4/c1-2-17-12(13(15)16)9-10-3-5-11(6-4-10)18-8-7-14/h3-6,12H,2,7-9H2,1H3,(H,15,16)/p-1. The summed E-state index contributed by atoms with van der Waals surface area (Å²) in [6.07, 6.45) is -0.629. The third kappa shape index (κ3) is 4.94. The highest BCUT2D eigenvalue weighted by Crippen LogP contribution is 2.14. The molecule has 1 atom stereocenters. The predicted molar refractivity (Wildman–Crippen MR) is 66.8 cm³/mol. The zero-order valence-electron chi connectivity index (χ0n) is 10.2. The number of carboxylic acids is 1. The summed E-state index contributed by atoms with van der Waals surface area (Å²) in [6, 6.07) is 7.16. The Kier molecular flexibility index (Phi) is 6.54. The molecular formula is C13H16ClO4-. The first kappa shape index (κ1) is 14.8. The van der Waals surface area contributed by atoms with Gasteiger partial charge in [-0.25, -0.2) is 0 Å². The van der Waals surface area contributed by atoms with Crippen LogP contribution < -0.4 is 9.84 Å². The summed E-state index contributed by atoms with van der Waals surface area (Å²) in [4.78, 5) is 10.8. The fourth-order valence-electron chi connectivity index (χ4n) is 1.50. The highest BCUT2D eigenvalue weighted by Gasteiger charge is 2.10. The Bertz CT molecular complexity index is 364. The molecule has 0 N–H and O–H groups in total. The van der Waals surface area contributed by atoms with Crippen molar-refractivity contribution in [2.75, 3.05) is 19.1 Å². The Balaban J connectivity index is 2.58. The van der Waals surface area contributed by atoms with Gasteiger partial charge in [0.15, 0.2) is 0 Å². The summed E-state index contributed by atoms with van der Waals surface area (Å²) in [5.41, 5.74) is 0.857. The maximum Gasteiger partial charge on any atom is 0.119 e. The third-order valence-electron chi connectivity index (χ3n) is 2.32. The molecule has 0 bridgehead atoms. The van der Waals surface area contributed by atoms with Gasteiger partial charge in [0.2, 0.25) is 0 Å². The van der Waals surface area contributed by atoms with Crippen LogP contribution in [0.1, 0.15) is 12.5 Å². The molecule has 18 heavy (non-hydrogen) atoms. The SMILES string of the molecule is CCOC(Cc1ccc(OCCCl)cc1)C(=O)[O-]. The number of benzene rings is 1. The summed E-state index contributed by atoms with van der Waals surface area (Å²) < 4.78 is 10.4. The molecule has 0 aliphatic carbocycles. The van der Waals surface area contributed by atoms with E-state index in [2.05, 4.69) is 0 Å². The van der Waals surface area contributed by atoms with Crippen molar-refractivity contribution < 1.29 is 19.4 Å². The Morgan fingerprint density at radius 2 is 2.06 bits per heavy atom. The molecular weight excluding hydrogens is 256 g/mol. The first-order valence-electron chi connectivity index (χ1n) is 5.77. The van der Waals surface area contributed by atoms with Gasteiger partial charge in [-0.05, 0) is 24.6 Å². The lowest BCUT2D eigenvalue weighted by atomic mass is 10.1. The van der Waals surface area contributed by atoms with Gasteiger partial charge in [-0.15, -0.1) is 11.6 Å². The first-order valence-corrected chi connectivity index (χ1v) is 6.31. The Labute approximate surface area is 111 Å². The number of carbonyl (C=O) groups is 1. The Morgan fingerprint density at radius 1 is 1.39 bits per heavy atom. The van der Waals surface area contributed by atoms with Crippen molar-refractivity contribution in [1.82, 2.24) is 0 Å². The molecule has 0 spiro atoms. The second kappa shape index (κ2) is 7.95. The van der Waals surface area contributed by atoms with E-state index < -0.39 is 12.1 Å². The number of rotatable bonds is 8. The van der Waals surface area contributed by atoms with E-state index in [1.807, 2.05) is 0 Å². The van der Waals surface area contributed by atoms with Crippen LogP contribution >= 0.6 is 11.6 Å². The maximum absolute atomic E-state index is 10.8.